The van der Waals surface area contributed by atoms with Crippen LogP contribution in [0.25, 0.3) is 0 Å². The molecular formula is C15H25N3O. The molecule has 2 N–H and O–H groups in total. The van der Waals surface area contributed by atoms with E-state index in [9.17, 15) is 0 Å². The summed E-state index contributed by atoms with van der Waals surface area (Å²) in [5.74, 6) is 0. The second-order valence-electron chi connectivity index (χ2n) is 5.31. The Kier molecular flexibility index (Phi) is 4.80. The quantitative estimate of drug-likeness (QED) is 0.792. The maximum absolute atomic E-state index is 5.98. The van der Waals surface area contributed by atoms with Crippen LogP contribution in [0, 0.1) is 0 Å². The molecule has 1 aliphatic heterocycles. The van der Waals surface area contributed by atoms with E-state index in [0.717, 1.165) is 26.1 Å². The fourth-order valence-electron chi connectivity index (χ4n) is 2.93. The minimum Gasteiger partial charge on any atom is -0.385 e. The van der Waals surface area contributed by atoms with E-state index in [-0.39, 0.29) is 0 Å². The first-order valence-electron chi connectivity index (χ1n) is 6.91. The summed E-state index contributed by atoms with van der Waals surface area (Å²) < 4.78 is 5.14. The van der Waals surface area contributed by atoms with Crippen LogP contribution in [-0.2, 0) is 11.3 Å². The van der Waals surface area contributed by atoms with Gasteiger partial charge in [0, 0.05) is 59.2 Å². The highest BCUT2D eigenvalue weighted by Gasteiger charge is 2.30. The van der Waals surface area contributed by atoms with E-state index in [1.807, 2.05) is 0 Å². The first-order chi connectivity index (χ1) is 9.19. The number of nitrogens with two attached hydrogens (primary N) is 1. The SMILES string of the molecule is COCCCN1Cc2c(cccc2N(C)C)C1CN. The lowest BCUT2D eigenvalue weighted by atomic mass is 10.0. The van der Waals surface area contributed by atoms with Gasteiger partial charge in [-0.15, -0.1) is 0 Å². The van der Waals surface area contributed by atoms with Crippen LogP contribution < -0.4 is 10.6 Å². The number of hydrogen-bond acceptors (Lipinski definition) is 4. The molecule has 0 aromatic heterocycles. The number of nitrogens with zero attached hydrogens (tertiary/aromatic N) is 2. The molecule has 2 rings (SSSR count). The zero-order valence-corrected chi connectivity index (χ0v) is 12.2. The third-order valence-electron chi connectivity index (χ3n) is 3.85. The van der Waals surface area contributed by atoms with E-state index >= 15 is 0 Å². The topological polar surface area (TPSA) is 41.7 Å². The predicted molar refractivity (Wildman–Crippen MR) is 79.5 cm³/mol. The normalized spacial score (nSPS) is 18.6. The van der Waals surface area contributed by atoms with Gasteiger partial charge in [0.25, 0.3) is 0 Å². The average molecular weight is 263 g/mol. The molecule has 1 heterocycles. The zero-order valence-electron chi connectivity index (χ0n) is 12.2. The van der Waals surface area contributed by atoms with Gasteiger partial charge in [-0.2, -0.15) is 0 Å². The van der Waals surface area contributed by atoms with E-state index in [1.54, 1.807) is 7.11 Å². The van der Waals surface area contributed by atoms with E-state index in [1.165, 1.54) is 16.8 Å². The Balaban J connectivity index is 2.19. The average Bonchev–Trinajstić information content (AvgIpc) is 2.76. The van der Waals surface area contributed by atoms with Crippen LogP contribution in [0.5, 0.6) is 0 Å². The molecule has 0 bridgehead atoms. The number of methoxy groups -OCH3 is 1. The summed E-state index contributed by atoms with van der Waals surface area (Å²) >= 11 is 0. The summed E-state index contributed by atoms with van der Waals surface area (Å²) in [7, 11) is 5.95. The Morgan fingerprint density at radius 1 is 1.42 bits per heavy atom. The van der Waals surface area contributed by atoms with Crippen molar-refractivity contribution >= 4 is 5.69 Å². The van der Waals surface area contributed by atoms with Crippen molar-refractivity contribution in [2.75, 3.05) is 45.8 Å². The lowest BCUT2D eigenvalue weighted by molar-refractivity contribution is 0.156. The maximum Gasteiger partial charge on any atom is 0.0478 e. The molecule has 0 aliphatic carbocycles. The van der Waals surface area contributed by atoms with Crippen LogP contribution in [0.15, 0.2) is 18.2 Å². The summed E-state index contributed by atoms with van der Waals surface area (Å²) in [5, 5.41) is 0. The van der Waals surface area contributed by atoms with Crippen LogP contribution in [0.3, 0.4) is 0 Å². The Morgan fingerprint density at radius 2 is 2.21 bits per heavy atom. The number of rotatable bonds is 6. The summed E-state index contributed by atoms with van der Waals surface area (Å²) in [6.45, 7) is 3.52. The Labute approximate surface area is 116 Å². The van der Waals surface area contributed by atoms with Gasteiger partial charge in [-0.3, -0.25) is 4.90 Å². The molecule has 0 saturated carbocycles. The summed E-state index contributed by atoms with van der Waals surface area (Å²) in [4.78, 5) is 4.65. The smallest absolute Gasteiger partial charge is 0.0478 e. The van der Waals surface area contributed by atoms with Gasteiger partial charge in [-0.25, -0.2) is 0 Å². The maximum atomic E-state index is 5.98. The van der Waals surface area contributed by atoms with Gasteiger partial charge in [0.2, 0.25) is 0 Å². The van der Waals surface area contributed by atoms with Gasteiger partial charge < -0.3 is 15.4 Å². The molecule has 4 nitrogen and oxygen atoms in total. The highest BCUT2D eigenvalue weighted by Crippen LogP contribution is 2.37. The summed E-state index contributed by atoms with van der Waals surface area (Å²) in [6, 6.07) is 6.89. The van der Waals surface area contributed by atoms with Crippen molar-refractivity contribution in [3.05, 3.63) is 29.3 Å². The monoisotopic (exact) mass is 263 g/mol. The van der Waals surface area contributed by atoms with Crippen molar-refractivity contribution in [2.24, 2.45) is 5.73 Å². The largest absolute Gasteiger partial charge is 0.385 e. The number of anilines is 1. The third kappa shape index (κ3) is 2.91. The van der Waals surface area contributed by atoms with E-state index in [0.29, 0.717) is 12.6 Å². The first kappa shape index (κ1) is 14.3. The molecule has 0 spiro atoms. The van der Waals surface area contributed by atoms with Gasteiger partial charge in [0.15, 0.2) is 0 Å². The molecule has 1 unspecified atom stereocenters. The van der Waals surface area contributed by atoms with Crippen molar-refractivity contribution in [1.82, 2.24) is 4.90 Å². The van der Waals surface area contributed by atoms with Gasteiger partial charge in [-0.05, 0) is 23.6 Å². The number of benzene rings is 1. The van der Waals surface area contributed by atoms with E-state index in [2.05, 4.69) is 42.1 Å². The molecule has 0 fully saturated rings. The van der Waals surface area contributed by atoms with Crippen molar-refractivity contribution in [3.8, 4) is 0 Å². The third-order valence-corrected chi connectivity index (χ3v) is 3.85. The first-order valence-corrected chi connectivity index (χ1v) is 6.91. The van der Waals surface area contributed by atoms with Crippen LogP contribution in [0.4, 0.5) is 5.69 Å². The zero-order chi connectivity index (χ0) is 13.8. The molecule has 0 radical (unpaired) electrons. The lowest BCUT2D eigenvalue weighted by Gasteiger charge is -2.23. The molecule has 1 aromatic rings. The number of ether oxygens (including phenoxy) is 1. The molecule has 1 aliphatic rings. The minimum absolute atomic E-state index is 0.353. The van der Waals surface area contributed by atoms with Gasteiger partial charge in [0.05, 0.1) is 0 Å². The van der Waals surface area contributed by atoms with Crippen LogP contribution in [0.1, 0.15) is 23.6 Å². The second-order valence-corrected chi connectivity index (χ2v) is 5.31. The highest BCUT2D eigenvalue weighted by molar-refractivity contribution is 5.58. The van der Waals surface area contributed by atoms with Crippen LogP contribution in [0.2, 0.25) is 0 Å². The summed E-state index contributed by atoms with van der Waals surface area (Å²) in [5.41, 5.74) is 10.1. The van der Waals surface area contributed by atoms with Crippen molar-refractivity contribution in [1.29, 1.82) is 0 Å². The van der Waals surface area contributed by atoms with Crippen molar-refractivity contribution in [2.45, 2.75) is 19.0 Å². The fourth-order valence-corrected chi connectivity index (χ4v) is 2.93. The molecule has 1 aromatic carbocycles. The summed E-state index contributed by atoms with van der Waals surface area (Å²) in [6.07, 6.45) is 1.05. The number of hydrogen-bond donors (Lipinski definition) is 1. The van der Waals surface area contributed by atoms with Crippen molar-refractivity contribution < 1.29 is 4.74 Å². The Hall–Kier alpha value is -1.10. The van der Waals surface area contributed by atoms with Crippen LogP contribution in [-0.4, -0.2) is 45.8 Å². The molecule has 0 saturated heterocycles. The Morgan fingerprint density at radius 3 is 2.84 bits per heavy atom. The van der Waals surface area contributed by atoms with Crippen molar-refractivity contribution in [3.63, 3.8) is 0 Å². The molecular weight excluding hydrogens is 238 g/mol. The molecule has 19 heavy (non-hydrogen) atoms. The van der Waals surface area contributed by atoms with Crippen LogP contribution >= 0.6 is 0 Å². The predicted octanol–water partition coefficient (Wildman–Crippen LogP) is 1.60. The lowest BCUT2D eigenvalue weighted by Crippen LogP contribution is -2.29. The standard InChI is InChI=1S/C15H25N3O/c1-17(2)14-7-4-6-12-13(14)11-18(15(12)10-16)8-5-9-19-3/h4,6-7,15H,5,8-11,16H2,1-3H3. The van der Waals surface area contributed by atoms with Gasteiger partial charge in [-0.1, -0.05) is 12.1 Å². The van der Waals surface area contributed by atoms with Gasteiger partial charge >= 0.3 is 0 Å². The number of fused-ring (bicyclic) bond motifs is 1. The second kappa shape index (κ2) is 6.37. The minimum atomic E-state index is 0.353. The molecule has 1 atom stereocenters. The molecule has 4 heteroatoms. The van der Waals surface area contributed by atoms with Gasteiger partial charge in [0.1, 0.15) is 0 Å². The molecule has 106 valence electrons. The highest BCUT2D eigenvalue weighted by atomic mass is 16.5. The fraction of sp³-hybridized carbons (Fsp3) is 0.600. The Bertz CT molecular complexity index is 420. The molecule has 0 amide bonds. The van der Waals surface area contributed by atoms with E-state index in [4.69, 9.17) is 10.5 Å². The van der Waals surface area contributed by atoms with E-state index < -0.39 is 0 Å².